The lowest BCUT2D eigenvalue weighted by Gasteiger charge is -2.20. The zero-order valence-corrected chi connectivity index (χ0v) is 13.5. The number of carbonyl (C=O) groups excluding carboxylic acids is 1. The van der Waals surface area contributed by atoms with E-state index < -0.39 is 0 Å². The van der Waals surface area contributed by atoms with Gasteiger partial charge in [0, 0.05) is 41.0 Å². The Morgan fingerprint density at radius 2 is 2.27 bits per heavy atom. The van der Waals surface area contributed by atoms with E-state index >= 15 is 0 Å². The standard InChI is InChI=1S/C16H16ClN3OS/c17-10-5-9(7-18-8-10)14-3-4-15(22-14)16(21)20-13-6-11-1-2-12(13)19-11/h3-5,7-8,11-13,19H,1-2,6H2,(H,20,21)/t11-,12+,13-/m1/s1. The van der Waals surface area contributed by atoms with Gasteiger partial charge in [0.1, 0.15) is 0 Å². The second-order valence-corrected chi connectivity index (χ2v) is 7.44. The van der Waals surface area contributed by atoms with Crippen LogP contribution in [0.1, 0.15) is 28.9 Å². The van der Waals surface area contributed by atoms with Crippen LogP contribution in [-0.2, 0) is 0 Å². The molecule has 6 heteroatoms. The molecule has 0 spiro atoms. The van der Waals surface area contributed by atoms with Crippen LogP contribution >= 0.6 is 22.9 Å². The smallest absolute Gasteiger partial charge is 0.261 e. The third-order valence-electron chi connectivity index (χ3n) is 4.44. The number of fused-ring (bicyclic) bond motifs is 2. The van der Waals surface area contributed by atoms with Gasteiger partial charge in [0.05, 0.1) is 9.90 Å². The molecule has 2 N–H and O–H groups in total. The van der Waals surface area contributed by atoms with Gasteiger partial charge in [-0.25, -0.2) is 0 Å². The third-order valence-corrected chi connectivity index (χ3v) is 5.78. The average Bonchev–Trinajstić information content (AvgIpc) is 3.23. The topological polar surface area (TPSA) is 54.0 Å². The van der Waals surface area contributed by atoms with Gasteiger partial charge in [-0.05, 0) is 37.5 Å². The fourth-order valence-corrected chi connectivity index (χ4v) is 4.45. The molecule has 22 heavy (non-hydrogen) atoms. The Morgan fingerprint density at radius 1 is 1.36 bits per heavy atom. The normalized spacial score (nSPS) is 26.3. The van der Waals surface area contributed by atoms with Gasteiger partial charge in [-0.2, -0.15) is 0 Å². The fourth-order valence-electron chi connectivity index (χ4n) is 3.38. The molecule has 0 unspecified atom stereocenters. The van der Waals surface area contributed by atoms with Crippen LogP contribution in [-0.4, -0.2) is 29.0 Å². The SMILES string of the molecule is O=C(N[C@@H]1C[C@H]2CC[C@@H]1N2)c1ccc(-c2cncc(Cl)c2)s1. The molecule has 0 aliphatic carbocycles. The molecule has 0 saturated carbocycles. The predicted molar refractivity (Wildman–Crippen MR) is 88.4 cm³/mol. The summed E-state index contributed by atoms with van der Waals surface area (Å²) in [6.07, 6.45) is 6.82. The molecular weight excluding hydrogens is 318 g/mol. The van der Waals surface area contributed by atoms with Crippen molar-refractivity contribution in [3.63, 3.8) is 0 Å². The summed E-state index contributed by atoms with van der Waals surface area (Å²) in [5, 5.41) is 7.31. The number of hydrogen-bond acceptors (Lipinski definition) is 4. The lowest BCUT2D eigenvalue weighted by atomic mass is 9.95. The number of aromatic nitrogens is 1. The molecule has 0 radical (unpaired) electrons. The molecule has 2 aromatic rings. The van der Waals surface area contributed by atoms with E-state index in [1.165, 1.54) is 24.2 Å². The Bertz CT molecular complexity index is 717. The van der Waals surface area contributed by atoms with E-state index in [0.717, 1.165) is 21.7 Å². The van der Waals surface area contributed by atoms with E-state index in [4.69, 9.17) is 11.6 Å². The number of pyridine rings is 1. The number of hydrogen-bond donors (Lipinski definition) is 2. The Hall–Kier alpha value is -1.43. The van der Waals surface area contributed by atoms with Crippen LogP contribution in [0.4, 0.5) is 0 Å². The largest absolute Gasteiger partial charge is 0.347 e. The lowest BCUT2D eigenvalue weighted by molar-refractivity contribution is 0.0935. The molecule has 114 valence electrons. The van der Waals surface area contributed by atoms with Crippen molar-refractivity contribution in [1.29, 1.82) is 0 Å². The van der Waals surface area contributed by atoms with Gasteiger partial charge >= 0.3 is 0 Å². The van der Waals surface area contributed by atoms with Gasteiger partial charge in [-0.1, -0.05) is 11.6 Å². The quantitative estimate of drug-likeness (QED) is 0.907. The van der Waals surface area contributed by atoms with Crippen molar-refractivity contribution in [2.45, 2.75) is 37.4 Å². The molecule has 2 aromatic heterocycles. The minimum Gasteiger partial charge on any atom is -0.347 e. The second-order valence-electron chi connectivity index (χ2n) is 5.92. The number of thiophene rings is 1. The molecule has 4 rings (SSSR count). The summed E-state index contributed by atoms with van der Waals surface area (Å²) < 4.78 is 0. The maximum Gasteiger partial charge on any atom is 0.261 e. The molecule has 2 aliphatic heterocycles. The van der Waals surface area contributed by atoms with Crippen LogP contribution in [0.3, 0.4) is 0 Å². The summed E-state index contributed by atoms with van der Waals surface area (Å²) in [4.78, 5) is 18.2. The monoisotopic (exact) mass is 333 g/mol. The minimum atomic E-state index is 0.0191. The van der Waals surface area contributed by atoms with E-state index in [1.54, 1.807) is 12.4 Å². The number of amides is 1. The van der Waals surface area contributed by atoms with E-state index in [9.17, 15) is 4.79 Å². The zero-order chi connectivity index (χ0) is 15.1. The Balaban J connectivity index is 1.48. The summed E-state index contributed by atoms with van der Waals surface area (Å²) in [6, 6.07) is 6.99. The number of nitrogens with zero attached hydrogens (tertiary/aromatic N) is 1. The zero-order valence-electron chi connectivity index (χ0n) is 11.9. The van der Waals surface area contributed by atoms with E-state index in [0.29, 0.717) is 17.1 Å². The molecule has 2 bridgehead atoms. The molecular formula is C16H16ClN3OS. The van der Waals surface area contributed by atoms with Crippen molar-refractivity contribution in [3.05, 3.63) is 40.5 Å². The summed E-state index contributed by atoms with van der Waals surface area (Å²) >= 11 is 7.44. The Morgan fingerprint density at radius 3 is 3.00 bits per heavy atom. The van der Waals surface area contributed by atoms with Crippen molar-refractivity contribution < 1.29 is 4.79 Å². The summed E-state index contributed by atoms with van der Waals surface area (Å²) in [7, 11) is 0. The highest BCUT2D eigenvalue weighted by molar-refractivity contribution is 7.17. The highest BCUT2D eigenvalue weighted by Gasteiger charge is 2.39. The molecule has 3 atom stereocenters. The summed E-state index contributed by atoms with van der Waals surface area (Å²) in [6.45, 7) is 0. The minimum absolute atomic E-state index is 0.0191. The molecule has 2 saturated heterocycles. The Labute approximate surface area is 137 Å². The number of halogens is 1. The summed E-state index contributed by atoms with van der Waals surface area (Å²) in [5.74, 6) is 0.0191. The van der Waals surface area contributed by atoms with Gasteiger partial charge in [-0.3, -0.25) is 9.78 Å². The van der Waals surface area contributed by atoms with Gasteiger partial charge in [0.25, 0.3) is 5.91 Å². The first-order chi connectivity index (χ1) is 10.7. The average molecular weight is 334 g/mol. The lowest BCUT2D eigenvalue weighted by Crippen LogP contribution is -2.42. The van der Waals surface area contributed by atoms with Crippen LogP contribution in [0, 0.1) is 0 Å². The maximum absolute atomic E-state index is 12.4. The van der Waals surface area contributed by atoms with Crippen molar-refractivity contribution in [1.82, 2.24) is 15.6 Å². The maximum atomic E-state index is 12.4. The van der Waals surface area contributed by atoms with Crippen molar-refractivity contribution in [2.75, 3.05) is 0 Å². The first kappa shape index (κ1) is 14.2. The van der Waals surface area contributed by atoms with Crippen molar-refractivity contribution in [3.8, 4) is 10.4 Å². The molecule has 4 heterocycles. The summed E-state index contributed by atoms with van der Waals surface area (Å²) in [5.41, 5.74) is 0.943. The first-order valence-electron chi connectivity index (χ1n) is 7.47. The van der Waals surface area contributed by atoms with E-state index in [1.807, 2.05) is 18.2 Å². The molecule has 2 fully saturated rings. The van der Waals surface area contributed by atoms with Crippen molar-refractivity contribution in [2.24, 2.45) is 0 Å². The van der Waals surface area contributed by atoms with E-state index in [2.05, 4.69) is 15.6 Å². The first-order valence-corrected chi connectivity index (χ1v) is 8.66. The van der Waals surface area contributed by atoms with Crippen molar-refractivity contribution >= 4 is 28.8 Å². The predicted octanol–water partition coefficient (Wildman–Crippen LogP) is 3.09. The highest BCUT2D eigenvalue weighted by atomic mass is 35.5. The van der Waals surface area contributed by atoms with Crippen LogP contribution in [0.25, 0.3) is 10.4 Å². The van der Waals surface area contributed by atoms with Crippen LogP contribution in [0.15, 0.2) is 30.6 Å². The number of nitrogens with one attached hydrogen (secondary N) is 2. The van der Waals surface area contributed by atoms with E-state index in [-0.39, 0.29) is 11.9 Å². The molecule has 4 nitrogen and oxygen atoms in total. The second kappa shape index (κ2) is 5.65. The van der Waals surface area contributed by atoms with Crippen LogP contribution in [0.5, 0.6) is 0 Å². The molecule has 0 aromatic carbocycles. The van der Waals surface area contributed by atoms with Gasteiger partial charge in [0.2, 0.25) is 0 Å². The molecule has 2 aliphatic rings. The number of carbonyl (C=O) groups is 1. The third kappa shape index (κ3) is 2.64. The Kier molecular flexibility index (Phi) is 3.64. The van der Waals surface area contributed by atoms with Gasteiger partial charge < -0.3 is 10.6 Å². The van der Waals surface area contributed by atoms with Gasteiger partial charge in [-0.15, -0.1) is 11.3 Å². The number of rotatable bonds is 3. The highest BCUT2D eigenvalue weighted by Crippen LogP contribution is 2.31. The molecule has 1 amide bonds. The van der Waals surface area contributed by atoms with Crippen LogP contribution < -0.4 is 10.6 Å². The van der Waals surface area contributed by atoms with Crippen LogP contribution in [0.2, 0.25) is 5.02 Å². The van der Waals surface area contributed by atoms with Gasteiger partial charge in [0.15, 0.2) is 0 Å². The fraction of sp³-hybridized carbons (Fsp3) is 0.375.